The zero-order valence-electron chi connectivity index (χ0n) is 19.3. The van der Waals surface area contributed by atoms with Gasteiger partial charge in [-0.15, -0.1) is 23.2 Å². The number of carbonyl (C=O) groups is 3. The van der Waals surface area contributed by atoms with E-state index in [-0.39, 0.29) is 11.7 Å². The van der Waals surface area contributed by atoms with Crippen molar-refractivity contribution >= 4 is 41.1 Å². The van der Waals surface area contributed by atoms with Gasteiger partial charge in [-0.3, -0.25) is 9.59 Å². The highest BCUT2D eigenvalue weighted by Crippen LogP contribution is 2.48. The summed E-state index contributed by atoms with van der Waals surface area (Å²) in [5.41, 5.74) is 1.26. The summed E-state index contributed by atoms with van der Waals surface area (Å²) in [6.45, 7) is 3.55. The zero-order chi connectivity index (χ0) is 24.0. The average Bonchev–Trinajstić information content (AvgIpc) is 3.56. The van der Waals surface area contributed by atoms with Gasteiger partial charge in [0.25, 0.3) is 11.8 Å². The van der Waals surface area contributed by atoms with Crippen LogP contribution >= 0.6 is 23.2 Å². The number of ether oxygens (including phenoxy) is 2. The van der Waals surface area contributed by atoms with Crippen LogP contribution in [-0.2, 0) is 25.5 Å². The molecule has 33 heavy (non-hydrogen) atoms. The minimum Gasteiger partial charge on any atom is -0.445 e. The van der Waals surface area contributed by atoms with Crippen molar-refractivity contribution in [1.82, 2.24) is 4.90 Å². The summed E-state index contributed by atoms with van der Waals surface area (Å²) in [6, 6.07) is 10.5. The molecule has 8 heteroatoms. The Morgan fingerprint density at radius 1 is 1.09 bits per heavy atom. The first kappa shape index (κ1) is 26.0. The Labute approximate surface area is 205 Å². The first-order chi connectivity index (χ1) is 15.7. The number of rotatable bonds is 9. The summed E-state index contributed by atoms with van der Waals surface area (Å²) in [5, 5.41) is -2.09. The van der Waals surface area contributed by atoms with Gasteiger partial charge in [0.05, 0.1) is 12.2 Å². The molecule has 6 nitrogen and oxygen atoms in total. The van der Waals surface area contributed by atoms with Crippen LogP contribution in [0, 0.1) is 5.92 Å². The third-order valence-electron chi connectivity index (χ3n) is 6.63. The number of carbonyl (C=O) groups excluding carboxylic acids is 3. The Balaban J connectivity index is 1.51. The van der Waals surface area contributed by atoms with Crippen molar-refractivity contribution in [2.45, 2.75) is 87.7 Å². The molecule has 0 N–H and O–H groups in total. The predicted octanol–water partition coefficient (Wildman–Crippen LogP) is 5.47. The summed E-state index contributed by atoms with van der Waals surface area (Å²) in [6.07, 6.45) is 6.15. The van der Waals surface area contributed by atoms with Crippen molar-refractivity contribution in [3.63, 3.8) is 0 Å². The van der Waals surface area contributed by atoms with Crippen molar-refractivity contribution in [2.24, 2.45) is 5.92 Å². The third kappa shape index (κ3) is 6.93. The van der Waals surface area contributed by atoms with Gasteiger partial charge >= 0.3 is 6.09 Å². The highest BCUT2D eigenvalue weighted by Gasteiger charge is 2.54. The zero-order valence-corrected chi connectivity index (χ0v) is 20.8. The third-order valence-corrected chi connectivity index (χ3v) is 7.00. The van der Waals surface area contributed by atoms with Gasteiger partial charge in [0.2, 0.25) is 0 Å². The molecule has 0 radical (unpaired) electrons. The lowest BCUT2D eigenvalue weighted by Gasteiger charge is -2.35. The number of amides is 3. The van der Waals surface area contributed by atoms with Crippen LogP contribution in [0.2, 0.25) is 0 Å². The second kappa shape index (κ2) is 11.7. The van der Waals surface area contributed by atoms with Gasteiger partial charge < -0.3 is 9.47 Å². The van der Waals surface area contributed by atoms with Crippen LogP contribution in [0.4, 0.5) is 4.79 Å². The lowest BCUT2D eigenvalue weighted by atomic mass is 9.75. The van der Waals surface area contributed by atoms with E-state index in [2.05, 4.69) is 24.3 Å². The Bertz CT molecular complexity index is 805. The second-order valence-corrected chi connectivity index (χ2v) is 10.5. The molecule has 1 aliphatic carbocycles. The number of hydrogen-bond donors (Lipinski definition) is 0. The molecule has 1 saturated carbocycles. The van der Waals surface area contributed by atoms with Crippen LogP contribution in [0.15, 0.2) is 30.3 Å². The number of aryl methyl sites for hydroxylation is 1. The SMILES string of the molecule is CC(Cl)C(=O)N(C(=O)O[C@@H]1CC[C@@]2(CO2)[C@H](CCCCCc2ccccc2)C1)C(=O)C(C)Cl. The van der Waals surface area contributed by atoms with E-state index in [4.69, 9.17) is 32.7 Å². The van der Waals surface area contributed by atoms with Crippen molar-refractivity contribution in [3.8, 4) is 0 Å². The van der Waals surface area contributed by atoms with Gasteiger partial charge in [-0.05, 0) is 63.9 Å². The van der Waals surface area contributed by atoms with E-state index in [1.807, 2.05) is 6.07 Å². The van der Waals surface area contributed by atoms with E-state index >= 15 is 0 Å². The molecule has 182 valence electrons. The molecule has 0 bridgehead atoms. The lowest BCUT2D eigenvalue weighted by molar-refractivity contribution is -0.142. The Morgan fingerprint density at radius 3 is 2.30 bits per heavy atom. The number of nitrogens with zero attached hydrogens (tertiary/aromatic N) is 1. The molecular formula is C25H33Cl2NO5. The van der Waals surface area contributed by atoms with E-state index in [9.17, 15) is 14.4 Å². The largest absolute Gasteiger partial charge is 0.445 e. The number of halogens is 2. The van der Waals surface area contributed by atoms with Crippen molar-refractivity contribution in [1.29, 1.82) is 0 Å². The van der Waals surface area contributed by atoms with E-state index in [0.717, 1.165) is 45.1 Å². The van der Waals surface area contributed by atoms with Crippen LogP contribution in [0.25, 0.3) is 0 Å². The normalized spacial score (nSPS) is 25.8. The number of alkyl halides is 2. The molecule has 1 aromatic carbocycles. The summed E-state index contributed by atoms with van der Waals surface area (Å²) in [5.74, 6) is -1.36. The van der Waals surface area contributed by atoms with Gasteiger partial charge in [0.1, 0.15) is 16.9 Å². The number of epoxide rings is 1. The molecule has 3 rings (SSSR count). The fraction of sp³-hybridized carbons (Fsp3) is 0.640. The van der Waals surface area contributed by atoms with Gasteiger partial charge in [0.15, 0.2) is 0 Å². The summed E-state index contributed by atoms with van der Waals surface area (Å²) in [7, 11) is 0. The fourth-order valence-electron chi connectivity index (χ4n) is 4.60. The molecule has 3 amide bonds. The quantitative estimate of drug-likeness (QED) is 0.256. The minimum absolute atomic E-state index is 0.0943. The van der Waals surface area contributed by atoms with Gasteiger partial charge in [-0.1, -0.05) is 43.2 Å². The fourth-order valence-corrected chi connectivity index (χ4v) is 4.80. The highest BCUT2D eigenvalue weighted by molar-refractivity contribution is 6.37. The van der Waals surface area contributed by atoms with Crippen LogP contribution in [-0.4, -0.2) is 51.9 Å². The van der Waals surface area contributed by atoms with Crippen molar-refractivity contribution < 1.29 is 23.9 Å². The molecule has 1 spiro atoms. The molecule has 2 unspecified atom stereocenters. The van der Waals surface area contributed by atoms with E-state index in [1.165, 1.54) is 19.4 Å². The predicted molar refractivity (Wildman–Crippen MR) is 127 cm³/mol. The minimum atomic E-state index is -1.05. The molecule has 1 saturated heterocycles. The summed E-state index contributed by atoms with van der Waals surface area (Å²) in [4.78, 5) is 37.9. The monoisotopic (exact) mass is 497 g/mol. The average molecular weight is 498 g/mol. The van der Waals surface area contributed by atoms with E-state index in [0.29, 0.717) is 23.7 Å². The Hall–Kier alpha value is -1.63. The molecule has 5 atom stereocenters. The molecular weight excluding hydrogens is 465 g/mol. The standard InChI is InChI=1S/C25H33Cl2NO5/c1-17(26)22(29)28(23(30)18(2)27)24(31)33-21-13-14-25(16-32-25)20(15-21)12-8-4-7-11-19-9-5-3-6-10-19/h3,5-6,9-10,17-18,20-21H,4,7-8,11-16H2,1-2H3/t17?,18?,20-,21-,25-/m1/s1. The molecule has 1 aromatic rings. The first-order valence-electron chi connectivity index (χ1n) is 11.8. The Morgan fingerprint density at radius 2 is 1.73 bits per heavy atom. The molecule has 1 heterocycles. The summed E-state index contributed by atoms with van der Waals surface area (Å²) < 4.78 is 11.4. The van der Waals surface area contributed by atoms with Crippen LogP contribution < -0.4 is 0 Å². The lowest BCUT2D eigenvalue weighted by Crippen LogP contribution is -2.49. The van der Waals surface area contributed by atoms with E-state index < -0.39 is 28.7 Å². The number of unbranched alkanes of at least 4 members (excludes halogenated alkanes) is 2. The number of imide groups is 3. The van der Waals surface area contributed by atoms with Crippen molar-refractivity contribution in [2.75, 3.05) is 6.61 Å². The van der Waals surface area contributed by atoms with Gasteiger partial charge in [-0.2, -0.15) is 4.90 Å². The Kier molecular flexibility index (Phi) is 9.19. The van der Waals surface area contributed by atoms with E-state index in [1.54, 1.807) is 0 Å². The van der Waals surface area contributed by atoms with Gasteiger partial charge in [0, 0.05) is 0 Å². The molecule has 2 aliphatic rings. The molecule has 2 fully saturated rings. The van der Waals surface area contributed by atoms with Crippen LogP contribution in [0.1, 0.15) is 64.4 Å². The smallest absolute Gasteiger partial charge is 0.423 e. The summed E-state index contributed by atoms with van der Waals surface area (Å²) >= 11 is 11.7. The highest BCUT2D eigenvalue weighted by atomic mass is 35.5. The molecule has 1 aliphatic heterocycles. The maximum Gasteiger partial charge on any atom is 0.423 e. The maximum atomic E-state index is 12.7. The number of benzene rings is 1. The van der Waals surface area contributed by atoms with Crippen molar-refractivity contribution in [3.05, 3.63) is 35.9 Å². The number of hydrogen-bond acceptors (Lipinski definition) is 5. The second-order valence-electron chi connectivity index (χ2n) is 9.16. The first-order valence-corrected chi connectivity index (χ1v) is 12.7. The van der Waals surface area contributed by atoms with Gasteiger partial charge in [-0.25, -0.2) is 4.79 Å². The van der Waals surface area contributed by atoms with Crippen LogP contribution in [0.5, 0.6) is 0 Å². The topological polar surface area (TPSA) is 76.2 Å². The van der Waals surface area contributed by atoms with Crippen LogP contribution in [0.3, 0.4) is 0 Å². The maximum absolute atomic E-state index is 12.7. The molecule has 0 aromatic heterocycles.